The second kappa shape index (κ2) is 9.01. The first-order chi connectivity index (χ1) is 20.7. The molecule has 0 spiro atoms. The van der Waals surface area contributed by atoms with Crippen LogP contribution in [0.4, 0.5) is 4.79 Å². The van der Waals surface area contributed by atoms with Crippen molar-refractivity contribution in [2.24, 2.45) is 11.8 Å². The molecule has 2 saturated heterocycles. The molecule has 1 amide bonds. The predicted molar refractivity (Wildman–Crippen MR) is 171 cm³/mol. The molecular weight excluding hydrogens is 553 g/mol. The average molecular weight is 594 g/mol. The molecule has 3 aliphatic heterocycles. The molecule has 4 aliphatic rings. The summed E-state index contributed by atoms with van der Waals surface area (Å²) in [6, 6.07) is 15.0. The van der Waals surface area contributed by atoms with Gasteiger partial charge in [-0.05, 0) is 107 Å². The van der Waals surface area contributed by atoms with Gasteiger partial charge in [-0.25, -0.2) is 9.78 Å². The van der Waals surface area contributed by atoms with Crippen molar-refractivity contribution in [2.75, 3.05) is 0 Å². The summed E-state index contributed by atoms with van der Waals surface area (Å²) >= 11 is 0. The number of hydrogen-bond donors (Lipinski definition) is 1. The van der Waals surface area contributed by atoms with Crippen molar-refractivity contribution >= 4 is 40.5 Å². The molecule has 1 N–H and O–H groups in total. The maximum absolute atomic E-state index is 13.3. The van der Waals surface area contributed by atoms with Gasteiger partial charge in [0.2, 0.25) is 0 Å². The van der Waals surface area contributed by atoms with Crippen LogP contribution in [-0.4, -0.2) is 50.9 Å². The Morgan fingerprint density at radius 2 is 1.80 bits per heavy atom. The Morgan fingerprint density at radius 1 is 1.05 bits per heavy atom. The van der Waals surface area contributed by atoms with Crippen molar-refractivity contribution in [3.8, 4) is 16.9 Å². The van der Waals surface area contributed by atoms with Gasteiger partial charge in [0.15, 0.2) is 0 Å². The molecule has 4 atom stereocenters. The molecule has 8 rings (SSSR count). The average Bonchev–Trinajstić information content (AvgIpc) is 3.29. The smallest absolute Gasteiger partial charge is 0.488 e. The van der Waals surface area contributed by atoms with Crippen LogP contribution < -0.4 is 10.2 Å². The number of piperidine rings is 1. The van der Waals surface area contributed by atoms with E-state index in [9.17, 15) is 4.79 Å². The first-order valence-electron chi connectivity index (χ1n) is 15.8. The van der Waals surface area contributed by atoms with Gasteiger partial charge in [0.1, 0.15) is 23.8 Å². The summed E-state index contributed by atoms with van der Waals surface area (Å²) in [6.07, 6.45) is 0.638. The van der Waals surface area contributed by atoms with E-state index in [4.69, 9.17) is 23.8 Å². The van der Waals surface area contributed by atoms with E-state index in [1.165, 1.54) is 0 Å². The molecule has 44 heavy (non-hydrogen) atoms. The van der Waals surface area contributed by atoms with Crippen molar-refractivity contribution < 1.29 is 23.6 Å². The van der Waals surface area contributed by atoms with Gasteiger partial charge in [0.25, 0.3) is 0 Å². The zero-order chi connectivity index (χ0) is 30.9. The number of aromatic amines is 1. The van der Waals surface area contributed by atoms with Gasteiger partial charge in [-0.15, -0.1) is 0 Å². The predicted octanol–water partition coefficient (Wildman–Crippen LogP) is 6.89. The van der Waals surface area contributed by atoms with Gasteiger partial charge in [0, 0.05) is 17.0 Å². The molecule has 1 aliphatic carbocycles. The first kappa shape index (κ1) is 28.0. The van der Waals surface area contributed by atoms with E-state index >= 15 is 0 Å². The quantitative estimate of drug-likeness (QED) is 0.255. The van der Waals surface area contributed by atoms with Gasteiger partial charge in [-0.2, -0.15) is 0 Å². The van der Waals surface area contributed by atoms with E-state index in [0.717, 1.165) is 62.0 Å². The molecule has 1 saturated carbocycles. The Morgan fingerprint density at radius 3 is 2.52 bits per heavy atom. The van der Waals surface area contributed by atoms with E-state index in [1.807, 2.05) is 25.7 Å². The number of carbonyl (C=O) groups is 1. The van der Waals surface area contributed by atoms with Crippen molar-refractivity contribution in [3.63, 3.8) is 0 Å². The number of imidazole rings is 1. The van der Waals surface area contributed by atoms with E-state index in [1.54, 1.807) is 0 Å². The highest BCUT2D eigenvalue weighted by molar-refractivity contribution is 6.62. The summed E-state index contributed by atoms with van der Waals surface area (Å²) in [5, 5.41) is 2.16. The highest BCUT2D eigenvalue weighted by Crippen LogP contribution is 2.58. The molecule has 3 aromatic carbocycles. The number of nitrogens with one attached hydrogen (secondary N) is 1. The van der Waals surface area contributed by atoms with E-state index in [-0.39, 0.29) is 18.2 Å². The Kier molecular flexibility index (Phi) is 5.72. The Bertz CT molecular complexity index is 1840. The molecule has 228 valence electrons. The van der Waals surface area contributed by atoms with Crippen LogP contribution in [0.3, 0.4) is 0 Å². The molecular formula is C35H40BN3O5. The van der Waals surface area contributed by atoms with E-state index < -0.39 is 23.9 Å². The molecule has 3 fully saturated rings. The van der Waals surface area contributed by atoms with Crippen LogP contribution in [0.15, 0.2) is 42.5 Å². The minimum absolute atomic E-state index is 0.127. The van der Waals surface area contributed by atoms with Gasteiger partial charge in [0.05, 0.1) is 28.3 Å². The Labute approximate surface area is 258 Å². The molecule has 0 radical (unpaired) electrons. The lowest BCUT2D eigenvalue weighted by Crippen LogP contribution is -2.41. The van der Waals surface area contributed by atoms with E-state index in [2.05, 4.69) is 82.1 Å². The zero-order valence-corrected chi connectivity index (χ0v) is 26.8. The monoisotopic (exact) mass is 593 g/mol. The first-order valence-corrected chi connectivity index (χ1v) is 15.8. The molecule has 8 nitrogen and oxygen atoms in total. The summed E-state index contributed by atoms with van der Waals surface area (Å²) in [4.78, 5) is 23.8. The summed E-state index contributed by atoms with van der Waals surface area (Å²) in [6.45, 7) is 16.7. The Hall–Kier alpha value is -3.56. The molecule has 4 aromatic rings. The summed E-state index contributed by atoms with van der Waals surface area (Å²) in [5.74, 6) is 2.65. The van der Waals surface area contributed by atoms with Crippen LogP contribution in [0.2, 0.25) is 0 Å². The van der Waals surface area contributed by atoms with Crippen molar-refractivity contribution in [1.82, 2.24) is 14.9 Å². The number of likely N-dealkylation sites (tertiary alicyclic amines) is 1. The molecule has 1 aromatic heterocycles. The van der Waals surface area contributed by atoms with Crippen LogP contribution in [0.1, 0.15) is 79.2 Å². The SMILES string of the molecule is C[C@@H]1[C@@H]2C[C@@H](c3nc4ccc5cc6c(cc5c4[nH]3)OCc3cc(B4OC(C)(C)C(C)(C)O4)ccc3-6)N(C(=O)OC(C)(C)C)[C@H]12. The van der Waals surface area contributed by atoms with Gasteiger partial charge < -0.3 is 23.8 Å². The fraction of sp³-hybridized carbons (Fsp3) is 0.486. The highest BCUT2D eigenvalue weighted by atomic mass is 16.7. The topological polar surface area (TPSA) is 85.9 Å². The number of fused-ring (bicyclic) bond motifs is 7. The number of amides is 1. The van der Waals surface area contributed by atoms with Crippen LogP contribution in [0, 0.1) is 11.8 Å². The number of carbonyl (C=O) groups excluding carboxylic acids is 1. The van der Waals surface area contributed by atoms with Crippen LogP contribution >= 0.6 is 0 Å². The number of ether oxygens (including phenoxy) is 2. The summed E-state index contributed by atoms with van der Waals surface area (Å²) in [7, 11) is -0.411. The third kappa shape index (κ3) is 4.19. The number of nitrogens with zero attached hydrogens (tertiary/aromatic N) is 2. The minimum Gasteiger partial charge on any atom is -0.488 e. The van der Waals surface area contributed by atoms with Crippen LogP contribution in [0.5, 0.6) is 5.75 Å². The lowest BCUT2D eigenvalue weighted by molar-refractivity contribution is 0.00578. The second-order valence-electron chi connectivity index (χ2n) is 15.1. The largest absolute Gasteiger partial charge is 0.494 e. The molecule has 0 unspecified atom stereocenters. The van der Waals surface area contributed by atoms with Crippen LogP contribution in [-0.2, 0) is 20.7 Å². The number of hydrogen-bond acceptors (Lipinski definition) is 6. The maximum atomic E-state index is 13.3. The third-order valence-electron chi connectivity index (χ3n) is 10.5. The zero-order valence-electron chi connectivity index (χ0n) is 26.8. The summed E-state index contributed by atoms with van der Waals surface area (Å²) < 4.78 is 24.8. The van der Waals surface area contributed by atoms with Crippen molar-refractivity contribution in [2.45, 2.75) is 97.3 Å². The third-order valence-corrected chi connectivity index (χ3v) is 10.5. The van der Waals surface area contributed by atoms with Gasteiger partial charge >= 0.3 is 13.2 Å². The minimum atomic E-state index is -0.549. The molecule has 9 heteroatoms. The van der Waals surface area contributed by atoms with Gasteiger partial charge in [-0.1, -0.05) is 31.2 Å². The van der Waals surface area contributed by atoms with Crippen molar-refractivity contribution in [1.29, 1.82) is 0 Å². The van der Waals surface area contributed by atoms with Crippen LogP contribution in [0.25, 0.3) is 32.9 Å². The number of benzene rings is 3. The lowest BCUT2D eigenvalue weighted by Gasteiger charge is -2.32. The number of H-pyrrole nitrogens is 1. The fourth-order valence-electron chi connectivity index (χ4n) is 7.34. The van der Waals surface area contributed by atoms with Crippen molar-refractivity contribution in [3.05, 3.63) is 53.9 Å². The lowest BCUT2D eigenvalue weighted by atomic mass is 9.77. The molecule has 0 bridgehead atoms. The Balaban J connectivity index is 1.13. The fourth-order valence-corrected chi connectivity index (χ4v) is 7.34. The highest BCUT2D eigenvalue weighted by Gasteiger charge is 2.61. The van der Waals surface area contributed by atoms with E-state index in [0.29, 0.717) is 18.4 Å². The number of rotatable bonds is 2. The second-order valence-corrected chi connectivity index (χ2v) is 15.1. The summed E-state index contributed by atoms with van der Waals surface area (Å²) in [5.41, 5.74) is 4.86. The molecule has 4 heterocycles. The normalized spacial score (nSPS) is 26.4. The standard InChI is InChI=1S/C35H40BN3O5/c1-18-23-15-27(39(30(18)23)32(40)42-33(2,3)4)31-37-26-12-9-19-14-25-22-11-10-21(36-43-34(5,6)35(7,8)44-36)13-20(22)17-41-28(25)16-24(19)29(26)38-31/h9-14,16,18,23,27,30H,15,17H2,1-8H3,(H,37,38)/t18-,23+,27+,30-/m1/s1. The van der Waals surface area contributed by atoms with Gasteiger partial charge in [-0.3, -0.25) is 4.90 Å². The maximum Gasteiger partial charge on any atom is 0.494 e. The number of aromatic nitrogens is 2.